The molecule has 0 bridgehead atoms. The Morgan fingerprint density at radius 2 is 1.57 bits per heavy atom. The molecular formula is C4H7F3. The van der Waals surface area contributed by atoms with E-state index in [9.17, 15) is 13.2 Å². The average Bonchev–Trinajstić information content (AvgIpc) is 1.25. The van der Waals surface area contributed by atoms with Crippen molar-refractivity contribution in [2.45, 2.75) is 20.0 Å². The molecule has 0 N–H and O–H groups in total. The van der Waals surface area contributed by atoms with Crippen LogP contribution in [-0.4, -0.2) is 6.18 Å². The molecule has 0 radical (unpaired) electrons. The third-order valence-corrected chi connectivity index (χ3v) is 0.567. The van der Waals surface area contributed by atoms with E-state index in [1.54, 1.807) is 0 Å². The molecule has 0 aromatic carbocycles. The molecule has 0 aliphatic heterocycles. The zero-order chi connectivity index (χ0) is 7.00. The summed E-state index contributed by atoms with van der Waals surface area (Å²) in [6.45, 7) is 1.62. The summed E-state index contributed by atoms with van der Waals surface area (Å²) < 4.78 is 40.6. The van der Waals surface area contributed by atoms with E-state index in [1.165, 1.54) is 0 Å². The van der Waals surface area contributed by atoms with E-state index in [0.29, 0.717) is 0 Å². The van der Waals surface area contributed by atoms with Crippen molar-refractivity contribution in [3.05, 3.63) is 0 Å². The van der Waals surface area contributed by atoms with Gasteiger partial charge in [-0.25, -0.2) is 0 Å². The Bertz CT molecular complexity index is 66.3. The first-order valence-corrected chi connectivity index (χ1v) is 1.82. The number of hydrogen-bond acceptors (Lipinski definition) is 0. The molecule has 0 rings (SSSR count). The van der Waals surface area contributed by atoms with Crippen molar-refractivity contribution in [3.8, 4) is 0 Å². The van der Waals surface area contributed by atoms with Crippen molar-refractivity contribution in [2.24, 2.45) is 5.89 Å². The standard InChI is InChI=1S/C4H7F3/c1-3(2)4(5,6)7/h3H,1-2H3/i3D. The Hall–Kier alpha value is -0.210. The Morgan fingerprint density at radius 3 is 1.57 bits per heavy atom. The van der Waals surface area contributed by atoms with Crippen LogP contribution in [0.25, 0.3) is 0 Å². The summed E-state index contributed by atoms with van der Waals surface area (Å²) in [6.07, 6.45) is -4.40. The molecule has 0 aliphatic rings. The van der Waals surface area contributed by atoms with E-state index in [1.807, 2.05) is 0 Å². The summed E-state index contributed by atoms with van der Waals surface area (Å²) in [4.78, 5) is 0. The minimum atomic E-state index is -4.40. The molecule has 0 saturated heterocycles. The van der Waals surface area contributed by atoms with Crippen LogP contribution < -0.4 is 0 Å². The van der Waals surface area contributed by atoms with Gasteiger partial charge in [-0.3, -0.25) is 0 Å². The number of rotatable bonds is 0. The molecule has 0 aromatic rings. The van der Waals surface area contributed by atoms with Crippen LogP contribution in [0, 0.1) is 5.89 Å². The van der Waals surface area contributed by atoms with E-state index in [0.717, 1.165) is 13.8 Å². The fraction of sp³-hybridized carbons (Fsp3) is 1.00. The summed E-state index contributed by atoms with van der Waals surface area (Å²) in [6, 6.07) is 0. The summed E-state index contributed by atoms with van der Waals surface area (Å²) in [5.41, 5.74) is 0. The lowest BCUT2D eigenvalue weighted by atomic mass is 10.2. The molecule has 0 aliphatic carbocycles. The Kier molecular flexibility index (Phi) is 1.21. The predicted octanol–water partition coefficient (Wildman–Crippen LogP) is 2.20. The summed E-state index contributed by atoms with van der Waals surface area (Å²) >= 11 is 0. The molecule has 0 nitrogen and oxygen atoms in total. The molecule has 0 unspecified atom stereocenters. The van der Waals surface area contributed by atoms with E-state index < -0.39 is 12.1 Å². The maximum atomic E-state index is 11.4. The van der Waals surface area contributed by atoms with Crippen molar-refractivity contribution < 1.29 is 14.5 Å². The first-order valence-electron chi connectivity index (χ1n) is 2.32. The van der Waals surface area contributed by atoms with Gasteiger partial charge in [0.2, 0.25) is 0 Å². The minimum Gasteiger partial charge on any atom is -0.171 e. The molecule has 7 heavy (non-hydrogen) atoms. The van der Waals surface area contributed by atoms with Gasteiger partial charge < -0.3 is 0 Å². The van der Waals surface area contributed by atoms with Gasteiger partial charge in [0.15, 0.2) is 0 Å². The average molecular weight is 113 g/mol. The Balaban J connectivity index is 4.02. The van der Waals surface area contributed by atoms with E-state index >= 15 is 0 Å². The fourth-order valence-electron chi connectivity index (χ4n) is 0. The van der Waals surface area contributed by atoms with Crippen LogP contribution in [0.1, 0.15) is 15.2 Å². The third-order valence-electron chi connectivity index (χ3n) is 0.567. The smallest absolute Gasteiger partial charge is 0.171 e. The first kappa shape index (κ1) is 4.94. The second-order valence-corrected chi connectivity index (χ2v) is 1.50. The van der Waals surface area contributed by atoms with Crippen LogP contribution in [0.3, 0.4) is 0 Å². The van der Waals surface area contributed by atoms with Crippen molar-refractivity contribution in [1.82, 2.24) is 0 Å². The molecular weight excluding hydrogens is 105 g/mol. The second kappa shape index (κ2) is 1.72. The molecule has 0 saturated carbocycles. The molecule has 44 valence electrons. The highest BCUT2D eigenvalue weighted by molar-refractivity contribution is 4.52. The number of hydrogen-bond donors (Lipinski definition) is 0. The lowest BCUT2D eigenvalue weighted by molar-refractivity contribution is -0.164. The zero-order valence-electron chi connectivity index (χ0n) is 5.13. The van der Waals surface area contributed by atoms with E-state index in [-0.39, 0.29) is 0 Å². The van der Waals surface area contributed by atoms with Crippen LogP contribution in [0.4, 0.5) is 13.2 Å². The highest BCUT2D eigenvalue weighted by atomic mass is 19.4. The summed E-state index contributed by atoms with van der Waals surface area (Å²) in [5, 5.41) is 0. The summed E-state index contributed by atoms with van der Waals surface area (Å²) in [7, 11) is 0. The van der Waals surface area contributed by atoms with Gasteiger partial charge in [0.25, 0.3) is 0 Å². The van der Waals surface area contributed by atoms with Gasteiger partial charge in [0.1, 0.15) is 0 Å². The normalized spacial score (nSPS) is 16.4. The second-order valence-electron chi connectivity index (χ2n) is 1.50. The monoisotopic (exact) mass is 113 g/mol. The zero-order valence-corrected chi connectivity index (χ0v) is 4.13. The first-order chi connectivity index (χ1) is 3.25. The minimum absolute atomic E-state index is 0.812. The molecule has 3 heteroatoms. The molecule has 0 spiro atoms. The highest BCUT2D eigenvalue weighted by Gasteiger charge is 2.31. The molecule has 0 heterocycles. The van der Waals surface area contributed by atoms with Gasteiger partial charge in [0, 0.05) is 7.26 Å². The largest absolute Gasteiger partial charge is 0.391 e. The predicted molar refractivity (Wildman–Crippen MR) is 20.9 cm³/mol. The van der Waals surface area contributed by atoms with E-state index in [2.05, 4.69) is 0 Å². The van der Waals surface area contributed by atoms with Crippen molar-refractivity contribution in [1.29, 1.82) is 0 Å². The highest BCUT2D eigenvalue weighted by Crippen LogP contribution is 2.24. The van der Waals surface area contributed by atoms with Crippen molar-refractivity contribution in [2.75, 3.05) is 0 Å². The van der Waals surface area contributed by atoms with Crippen molar-refractivity contribution in [3.63, 3.8) is 0 Å². The van der Waals surface area contributed by atoms with Gasteiger partial charge in [-0.2, -0.15) is 13.2 Å². The van der Waals surface area contributed by atoms with Crippen molar-refractivity contribution >= 4 is 0 Å². The van der Waals surface area contributed by atoms with Gasteiger partial charge in [-0.05, 0) is 0 Å². The molecule has 0 amide bonds. The van der Waals surface area contributed by atoms with Crippen LogP contribution in [0.2, 0.25) is 0 Å². The lowest BCUT2D eigenvalue weighted by Crippen LogP contribution is -2.15. The summed E-state index contributed by atoms with van der Waals surface area (Å²) in [5.74, 6) is -2.31. The molecule has 0 fully saturated rings. The number of alkyl halides is 3. The number of halogens is 3. The molecule has 0 atom stereocenters. The van der Waals surface area contributed by atoms with Crippen LogP contribution in [0.5, 0.6) is 0 Å². The van der Waals surface area contributed by atoms with Gasteiger partial charge in [-0.15, -0.1) is 0 Å². The van der Waals surface area contributed by atoms with Gasteiger partial charge in [0.05, 0.1) is 0 Å². The maximum absolute atomic E-state index is 11.4. The van der Waals surface area contributed by atoms with Crippen LogP contribution in [0.15, 0.2) is 0 Å². The maximum Gasteiger partial charge on any atom is 0.391 e. The fourth-order valence-corrected chi connectivity index (χ4v) is 0. The third kappa shape index (κ3) is 2.48. The van der Waals surface area contributed by atoms with Crippen LogP contribution >= 0.6 is 0 Å². The van der Waals surface area contributed by atoms with Crippen LogP contribution in [-0.2, 0) is 0 Å². The Labute approximate surface area is 41.7 Å². The quantitative estimate of drug-likeness (QED) is 0.451. The SMILES string of the molecule is [2H]C(C)(C)C(F)(F)F. The van der Waals surface area contributed by atoms with E-state index in [4.69, 9.17) is 1.37 Å². The van der Waals surface area contributed by atoms with Gasteiger partial charge >= 0.3 is 6.18 Å². The lowest BCUT2D eigenvalue weighted by Gasteiger charge is -2.07. The van der Waals surface area contributed by atoms with Gasteiger partial charge in [-0.1, -0.05) is 13.8 Å². The Morgan fingerprint density at radius 1 is 1.43 bits per heavy atom. The topological polar surface area (TPSA) is 0 Å². The molecule has 0 aromatic heterocycles.